The molecule has 1 aromatic carbocycles. The molecule has 5 nitrogen and oxygen atoms in total. The summed E-state index contributed by atoms with van der Waals surface area (Å²) in [4.78, 5) is 11.1. The minimum Gasteiger partial charge on any atom is -0.464 e. The molecule has 0 aliphatic rings. The highest BCUT2D eigenvalue weighted by Crippen LogP contribution is 2.08. The first kappa shape index (κ1) is 10.0. The van der Waals surface area contributed by atoms with Crippen molar-refractivity contribution in [1.29, 1.82) is 0 Å². The monoisotopic (exact) mass is 194 g/mol. The molecule has 0 saturated heterocycles. The summed E-state index contributed by atoms with van der Waals surface area (Å²) in [6.45, 7) is 0. The Morgan fingerprint density at radius 2 is 2.29 bits per heavy atom. The standard InChI is InChI=1S/C9H10N2O3/c1-14-9(12)8(11-13)6-3-2-4-7(10)5-6/h2-5,13H,10H2,1H3/b11-8-. The van der Waals surface area contributed by atoms with Gasteiger partial charge in [-0.3, -0.25) is 0 Å². The number of rotatable bonds is 2. The van der Waals surface area contributed by atoms with Gasteiger partial charge in [-0.1, -0.05) is 17.3 Å². The van der Waals surface area contributed by atoms with E-state index >= 15 is 0 Å². The molecule has 0 bridgehead atoms. The van der Waals surface area contributed by atoms with Crippen LogP contribution >= 0.6 is 0 Å². The Balaban J connectivity index is 3.08. The number of ether oxygens (including phenoxy) is 1. The third-order valence-corrected chi connectivity index (χ3v) is 1.64. The number of benzene rings is 1. The molecular weight excluding hydrogens is 184 g/mol. The highest BCUT2D eigenvalue weighted by molar-refractivity contribution is 6.43. The van der Waals surface area contributed by atoms with E-state index in [4.69, 9.17) is 10.9 Å². The van der Waals surface area contributed by atoms with Gasteiger partial charge in [-0.25, -0.2) is 4.79 Å². The molecule has 5 heteroatoms. The molecule has 0 heterocycles. The van der Waals surface area contributed by atoms with Crippen LogP contribution in [0.1, 0.15) is 5.56 Å². The second kappa shape index (κ2) is 4.27. The molecule has 0 saturated carbocycles. The summed E-state index contributed by atoms with van der Waals surface area (Å²) in [6, 6.07) is 6.43. The average Bonchev–Trinajstić information content (AvgIpc) is 2.19. The topological polar surface area (TPSA) is 84.9 Å². The van der Waals surface area contributed by atoms with E-state index in [1.807, 2.05) is 0 Å². The van der Waals surface area contributed by atoms with Crippen LogP contribution in [0.4, 0.5) is 5.69 Å². The van der Waals surface area contributed by atoms with Crippen molar-refractivity contribution in [3.05, 3.63) is 29.8 Å². The molecule has 3 N–H and O–H groups in total. The molecule has 0 atom stereocenters. The number of esters is 1. The number of nitrogen functional groups attached to an aromatic ring is 1. The van der Waals surface area contributed by atoms with Crippen LogP contribution in [-0.2, 0) is 9.53 Å². The van der Waals surface area contributed by atoms with Crippen molar-refractivity contribution in [2.45, 2.75) is 0 Å². The van der Waals surface area contributed by atoms with Gasteiger partial charge in [0.15, 0.2) is 5.71 Å². The number of nitrogens with zero attached hydrogens (tertiary/aromatic N) is 1. The van der Waals surface area contributed by atoms with Crippen LogP contribution in [0.25, 0.3) is 0 Å². The predicted octanol–water partition coefficient (Wildman–Crippen LogP) is 0.620. The Hall–Kier alpha value is -2.04. The second-order valence-corrected chi connectivity index (χ2v) is 2.57. The fraction of sp³-hybridized carbons (Fsp3) is 0.111. The predicted molar refractivity (Wildman–Crippen MR) is 51.2 cm³/mol. The van der Waals surface area contributed by atoms with Gasteiger partial charge in [0.25, 0.3) is 0 Å². The van der Waals surface area contributed by atoms with Crippen molar-refractivity contribution in [3.63, 3.8) is 0 Å². The normalized spacial score (nSPS) is 11.1. The Kier molecular flexibility index (Phi) is 3.06. The lowest BCUT2D eigenvalue weighted by Gasteiger charge is -2.02. The molecule has 1 aromatic rings. The maximum absolute atomic E-state index is 11.1. The van der Waals surface area contributed by atoms with Crippen LogP contribution in [0.3, 0.4) is 0 Å². The van der Waals surface area contributed by atoms with Crippen molar-refractivity contribution in [1.82, 2.24) is 0 Å². The number of methoxy groups -OCH3 is 1. The SMILES string of the molecule is COC(=O)/C(=N\O)c1cccc(N)c1. The van der Waals surface area contributed by atoms with Gasteiger partial charge in [-0.15, -0.1) is 0 Å². The number of hydrogen-bond donors (Lipinski definition) is 2. The first-order valence-corrected chi connectivity index (χ1v) is 3.85. The van der Waals surface area contributed by atoms with Crippen LogP contribution in [0.5, 0.6) is 0 Å². The number of carbonyl (C=O) groups excluding carboxylic acids is 1. The zero-order chi connectivity index (χ0) is 10.6. The zero-order valence-corrected chi connectivity index (χ0v) is 7.60. The largest absolute Gasteiger partial charge is 0.464 e. The van der Waals surface area contributed by atoms with E-state index in [2.05, 4.69) is 9.89 Å². The van der Waals surface area contributed by atoms with Gasteiger partial charge in [0.05, 0.1) is 7.11 Å². The third kappa shape index (κ3) is 2.01. The van der Waals surface area contributed by atoms with Gasteiger partial charge in [-0.2, -0.15) is 0 Å². The lowest BCUT2D eigenvalue weighted by Crippen LogP contribution is -2.17. The molecule has 0 radical (unpaired) electrons. The number of anilines is 1. The lowest BCUT2D eigenvalue weighted by molar-refractivity contribution is -0.132. The summed E-state index contributed by atoms with van der Waals surface area (Å²) in [5.74, 6) is -0.710. The number of carbonyl (C=O) groups is 1. The van der Waals surface area contributed by atoms with Crippen molar-refractivity contribution in [2.75, 3.05) is 12.8 Å². The third-order valence-electron chi connectivity index (χ3n) is 1.64. The Morgan fingerprint density at radius 1 is 1.57 bits per heavy atom. The smallest absolute Gasteiger partial charge is 0.360 e. The van der Waals surface area contributed by atoms with Crippen molar-refractivity contribution in [2.24, 2.45) is 5.16 Å². The van der Waals surface area contributed by atoms with Crippen LogP contribution in [-0.4, -0.2) is 24.0 Å². The molecule has 0 fully saturated rings. The van der Waals surface area contributed by atoms with E-state index in [0.29, 0.717) is 11.3 Å². The minimum atomic E-state index is -0.710. The Bertz CT molecular complexity index is 374. The number of hydrogen-bond acceptors (Lipinski definition) is 5. The van der Waals surface area contributed by atoms with E-state index in [1.165, 1.54) is 13.2 Å². The van der Waals surface area contributed by atoms with Crippen LogP contribution in [0.2, 0.25) is 0 Å². The molecule has 0 amide bonds. The molecule has 0 unspecified atom stereocenters. The Labute approximate surface area is 80.8 Å². The van der Waals surface area contributed by atoms with E-state index in [9.17, 15) is 4.79 Å². The fourth-order valence-corrected chi connectivity index (χ4v) is 0.999. The van der Waals surface area contributed by atoms with Gasteiger partial charge in [-0.05, 0) is 12.1 Å². The van der Waals surface area contributed by atoms with Crippen LogP contribution < -0.4 is 5.73 Å². The van der Waals surface area contributed by atoms with Crippen molar-refractivity contribution < 1.29 is 14.7 Å². The number of nitrogens with two attached hydrogens (primary N) is 1. The molecule has 14 heavy (non-hydrogen) atoms. The van der Waals surface area contributed by atoms with Gasteiger partial charge in [0.1, 0.15) is 0 Å². The highest BCUT2D eigenvalue weighted by Gasteiger charge is 2.14. The zero-order valence-electron chi connectivity index (χ0n) is 7.60. The first-order valence-electron chi connectivity index (χ1n) is 3.85. The molecule has 1 rings (SSSR count). The van der Waals surface area contributed by atoms with Gasteiger partial charge >= 0.3 is 5.97 Å². The van der Waals surface area contributed by atoms with Gasteiger partial charge < -0.3 is 15.7 Å². The summed E-state index contributed by atoms with van der Waals surface area (Å²) in [6.07, 6.45) is 0. The van der Waals surface area contributed by atoms with Crippen molar-refractivity contribution in [3.8, 4) is 0 Å². The lowest BCUT2D eigenvalue weighted by atomic mass is 10.1. The van der Waals surface area contributed by atoms with Gasteiger partial charge in [0.2, 0.25) is 0 Å². The van der Waals surface area contributed by atoms with E-state index in [0.717, 1.165) is 0 Å². The van der Waals surface area contributed by atoms with Gasteiger partial charge in [0, 0.05) is 11.3 Å². The van der Waals surface area contributed by atoms with E-state index < -0.39 is 5.97 Å². The van der Waals surface area contributed by atoms with Crippen LogP contribution in [0.15, 0.2) is 29.4 Å². The van der Waals surface area contributed by atoms with E-state index in [-0.39, 0.29) is 5.71 Å². The molecule has 74 valence electrons. The second-order valence-electron chi connectivity index (χ2n) is 2.57. The maximum Gasteiger partial charge on any atom is 0.360 e. The minimum absolute atomic E-state index is 0.167. The summed E-state index contributed by atoms with van der Waals surface area (Å²) in [5.41, 5.74) is 6.23. The fourth-order valence-electron chi connectivity index (χ4n) is 0.999. The maximum atomic E-state index is 11.1. The summed E-state index contributed by atoms with van der Waals surface area (Å²) in [5, 5.41) is 11.5. The van der Waals surface area contributed by atoms with Crippen molar-refractivity contribution >= 4 is 17.4 Å². The summed E-state index contributed by atoms with van der Waals surface area (Å²) >= 11 is 0. The van der Waals surface area contributed by atoms with E-state index in [1.54, 1.807) is 18.2 Å². The quantitative estimate of drug-likeness (QED) is 0.237. The Morgan fingerprint density at radius 3 is 2.79 bits per heavy atom. The average molecular weight is 194 g/mol. The van der Waals surface area contributed by atoms with Crippen LogP contribution in [0, 0.1) is 0 Å². The summed E-state index contributed by atoms with van der Waals surface area (Å²) in [7, 11) is 1.21. The summed E-state index contributed by atoms with van der Waals surface area (Å²) < 4.78 is 4.43. The molecular formula is C9H10N2O3. The molecule has 0 aromatic heterocycles. The highest BCUT2D eigenvalue weighted by atomic mass is 16.5. The first-order chi connectivity index (χ1) is 6.69. The number of oxime groups is 1. The molecule has 0 aliphatic heterocycles. The molecule has 0 aliphatic carbocycles. The molecule has 0 spiro atoms.